The van der Waals surface area contributed by atoms with Crippen LogP contribution in [0.5, 0.6) is 0 Å². The van der Waals surface area contributed by atoms with Crippen LogP contribution in [-0.2, 0) is 10.0 Å². The van der Waals surface area contributed by atoms with Crippen LogP contribution in [0.25, 0.3) is 0 Å². The second-order valence-electron chi connectivity index (χ2n) is 1.98. The SMILES string of the molecule is CS(=O)(=O)Nc1ccsc1Cl. The lowest BCUT2D eigenvalue weighted by Gasteiger charge is -1.99. The molecule has 0 aliphatic carbocycles. The van der Waals surface area contributed by atoms with E-state index >= 15 is 0 Å². The van der Waals surface area contributed by atoms with Gasteiger partial charge in [-0.1, -0.05) is 11.6 Å². The molecule has 6 heteroatoms. The second-order valence-corrected chi connectivity index (χ2v) is 5.25. The predicted molar refractivity (Wildman–Crippen MR) is 47.8 cm³/mol. The van der Waals surface area contributed by atoms with Crippen LogP contribution in [0.15, 0.2) is 11.4 Å². The van der Waals surface area contributed by atoms with E-state index in [0.717, 1.165) is 6.26 Å². The van der Waals surface area contributed by atoms with Crippen LogP contribution < -0.4 is 4.72 Å². The van der Waals surface area contributed by atoms with Crippen molar-refractivity contribution in [2.75, 3.05) is 11.0 Å². The molecule has 0 saturated heterocycles. The molecule has 0 amide bonds. The lowest BCUT2D eigenvalue weighted by molar-refractivity contribution is 0.607. The summed E-state index contributed by atoms with van der Waals surface area (Å²) >= 11 is 6.92. The maximum atomic E-state index is 10.7. The second kappa shape index (κ2) is 3.00. The molecule has 3 nitrogen and oxygen atoms in total. The summed E-state index contributed by atoms with van der Waals surface area (Å²) in [6.07, 6.45) is 1.08. The van der Waals surface area contributed by atoms with E-state index in [-0.39, 0.29) is 0 Å². The molecule has 0 fully saturated rings. The average molecular weight is 212 g/mol. The highest BCUT2D eigenvalue weighted by Gasteiger charge is 2.05. The van der Waals surface area contributed by atoms with Gasteiger partial charge in [-0.05, 0) is 11.4 Å². The number of hydrogen-bond acceptors (Lipinski definition) is 3. The number of anilines is 1. The number of rotatable bonds is 2. The number of thiophene rings is 1. The van der Waals surface area contributed by atoms with Crippen molar-refractivity contribution < 1.29 is 8.42 Å². The van der Waals surface area contributed by atoms with Gasteiger partial charge in [0.05, 0.1) is 11.9 Å². The highest BCUT2D eigenvalue weighted by Crippen LogP contribution is 2.27. The van der Waals surface area contributed by atoms with Crippen LogP contribution in [0.1, 0.15) is 0 Å². The van der Waals surface area contributed by atoms with E-state index in [1.807, 2.05) is 0 Å². The molecule has 0 bridgehead atoms. The summed E-state index contributed by atoms with van der Waals surface area (Å²) in [5, 5.41) is 1.72. The Morgan fingerprint density at radius 2 is 2.27 bits per heavy atom. The van der Waals surface area contributed by atoms with Gasteiger partial charge in [-0.15, -0.1) is 11.3 Å². The summed E-state index contributed by atoms with van der Waals surface area (Å²) in [7, 11) is -3.20. The normalized spacial score (nSPS) is 11.5. The standard InChI is InChI=1S/C5H6ClNO2S2/c1-11(8,9)7-4-2-3-10-5(4)6/h2-3,7H,1H3. The lowest BCUT2D eigenvalue weighted by atomic mass is 10.6. The minimum atomic E-state index is -3.20. The van der Waals surface area contributed by atoms with Crippen molar-refractivity contribution in [3.63, 3.8) is 0 Å². The van der Waals surface area contributed by atoms with Crippen LogP contribution in [0.3, 0.4) is 0 Å². The van der Waals surface area contributed by atoms with Gasteiger partial charge in [-0.25, -0.2) is 8.42 Å². The molecule has 0 aliphatic rings. The Bertz CT molecular complexity index is 343. The van der Waals surface area contributed by atoms with Crippen molar-refractivity contribution in [3.8, 4) is 0 Å². The van der Waals surface area contributed by atoms with E-state index in [2.05, 4.69) is 4.72 Å². The van der Waals surface area contributed by atoms with Gasteiger partial charge >= 0.3 is 0 Å². The summed E-state index contributed by atoms with van der Waals surface area (Å²) in [6.45, 7) is 0. The smallest absolute Gasteiger partial charge is 0.229 e. The summed E-state index contributed by atoms with van der Waals surface area (Å²) in [4.78, 5) is 0. The first kappa shape index (κ1) is 8.83. The van der Waals surface area contributed by atoms with Crippen molar-refractivity contribution in [2.45, 2.75) is 0 Å². The highest BCUT2D eigenvalue weighted by atomic mass is 35.5. The Labute approximate surface area is 74.1 Å². The van der Waals surface area contributed by atoms with Gasteiger partial charge in [-0.2, -0.15) is 0 Å². The molecule has 0 aliphatic heterocycles. The monoisotopic (exact) mass is 211 g/mol. The Morgan fingerprint density at radius 1 is 1.64 bits per heavy atom. The fraction of sp³-hybridized carbons (Fsp3) is 0.200. The van der Waals surface area contributed by atoms with Gasteiger partial charge in [0.25, 0.3) is 0 Å². The van der Waals surface area contributed by atoms with E-state index < -0.39 is 10.0 Å². The molecule has 0 atom stereocenters. The van der Waals surface area contributed by atoms with Gasteiger partial charge in [0.1, 0.15) is 4.34 Å². The third-order valence-electron chi connectivity index (χ3n) is 0.913. The van der Waals surface area contributed by atoms with E-state index in [9.17, 15) is 8.42 Å². The Hall–Kier alpha value is -0.260. The van der Waals surface area contributed by atoms with Crippen LogP contribution in [0, 0.1) is 0 Å². The van der Waals surface area contributed by atoms with Gasteiger partial charge in [0.2, 0.25) is 10.0 Å². The Kier molecular flexibility index (Phi) is 2.41. The molecular formula is C5H6ClNO2S2. The highest BCUT2D eigenvalue weighted by molar-refractivity contribution is 7.92. The quantitative estimate of drug-likeness (QED) is 0.811. The first-order valence-corrected chi connectivity index (χ1v) is 5.85. The zero-order valence-corrected chi connectivity index (χ0v) is 8.05. The molecule has 1 rings (SSSR count). The van der Waals surface area contributed by atoms with Gasteiger partial charge in [0, 0.05) is 0 Å². The predicted octanol–water partition coefficient (Wildman–Crippen LogP) is 1.77. The molecule has 1 aromatic rings. The molecule has 11 heavy (non-hydrogen) atoms. The number of sulfonamides is 1. The van der Waals surface area contributed by atoms with Crippen molar-refractivity contribution >= 4 is 38.6 Å². The number of hydrogen-bond donors (Lipinski definition) is 1. The maximum absolute atomic E-state index is 10.7. The van der Waals surface area contributed by atoms with E-state index in [0.29, 0.717) is 10.0 Å². The van der Waals surface area contributed by atoms with Gasteiger partial charge in [0.15, 0.2) is 0 Å². The number of halogens is 1. The van der Waals surface area contributed by atoms with Crippen LogP contribution in [-0.4, -0.2) is 14.7 Å². The molecule has 0 spiro atoms. The van der Waals surface area contributed by atoms with E-state index in [1.165, 1.54) is 11.3 Å². The van der Waals surface area contributed by atoms with Crippen molar-refractivity contribution in [2.24, 2.45) is 0 Å². The van der Waals surface area contributed by atoms with Crippen LogP contribution in [0.2, 0.25) is 4.34 Å². The summed E-state index contributed by atoms with van der Waals surface area (Å²) in [5.41, 5.74) is 0.444. The van der Waals surface area contributed by atoms with Crippen molar-refractivity contribution in [3.05, 3.63) is 15.8 Å². The first-order valence-electron chi connectivity index (χ1n) is 2.70. The van der Waals surface area contributed by atoms with Gasteiger partial charge in [-0.3, -0.25) is 4.72 Å². The first-order chi connectivity index (χ1) is 4.99. The van der Waals surface area contributed by atoms with Crippen LogP contribution >= 0.6 is 22.9 Å². The zero-order chi connectivity index (χ0) is 8.48. The molecular weight excluding hydrogens is 206 g/mol. The molecule has 0 saturated carbocycles. The fourth-order valence-electron chi connectivity index (χ4n) is 0.565. The minimum absolute atomic E-state index is 0.444. The molecule has 0 unspecified atom stereocenters. The van der Waals surface area contributed by atoms with E-state index in [1.54, 1.807) is 11.4 Å². The largest absolute Gasteiger partial charge is 0.281 e. The van der Waals surface area contributed by atoms with Crippen molar-refractivity contribution in [1.29, 1.82) is 0 Å². The summed E-state index contributed by atoms with van der Waals surface area (Å²) < 4.78 is 24.1. The summed E-state index contributed by atoms with van der Waals surface area (Å²) in [6, 6.07) is 1.62. The maximum Gasteiger partial charge on any atom is 0.229 e. The summed E-state index contributed by atoms with van der Waals surface area (Å²) in [5.74, 6) is 0. The molecule has 1 N–H and O–H groups in total. The topological polar surface area (TPSA) is 46.2 Å². The minimum Gasteiger partial charge on any atom is -0.281 e. The zero-order valence-electron chi connectivity index (χ0n) is 5.67. The molecule has 0 aromatic carbocycles. The average Bonchev–Trinajstić information content (AvgIpc) is 2.12. The number of nitrogens with one attached hydrogen (secondary N) is 1. The lowest BCUT2D eigenvalue weighted by Crippen LogP contribution is -2.08. The Morgan fingerprint density at radius 3 is 2.64 bits per heavy atom. The molecule has 1 aromatic heterocycles. The Balaban J connectivity index is 2.89. The van der Waals surface area contributed by atoms with Crippen molar-refractivity contribution in [1.82, 2.24) is 0 Å². The van der Waals surface area contributed by atoms with Gasteiger partial charge < -0.3 is 0 Å². The molecule has 0 radical (unpaired) electrons. The third kappa shape index (κ3) is 2.69. The van der Waals surface area contributed by atoms with Crippen LogP contribution in [0.4, 0.5) is 5.69 Å². The third-order valence-corrected chi connectivity index (χ3v) is 2.67. The molecule has 62 valence electrons. The molecule has 1 heterocycles. The van der Waals surface area contributed by atoms with E-state index in [4.69, 9.17) is 11.6 Å². The fourth-order valence-corrected chi connectivity index (χ4v) is 2.09.